The highest BCUT2D eigenvalue weighted by atomic mass is 79.9. The fourth-order valence-electron chi connectivity index (χ4n) is 2.76. The molecule has 1 aromatic heterocycles. The Labute approximate surface area is 189 Å². The molecule has 0 saturated heterocycles. The molecule has 1 aromatic carbocycles. The largest absolute Gasteiger partial charge is 0.481 e. The Kier molecular flexibility index (Phi) is 8.56. The molecule has 1 unspecified atom stereocenters. The van der Waals surface area contributed by atoms with Gasteiger partial charge in [0.15, 0.2) is 0 Å². The van der Waals surface area contributed by atoms with E-state index in [1.807, 2.05) is 18.2 Å². The van der Waals surface area contributed by atoms with Crippen LogP contribution in [0.25, 0.3) is 0 Å². The first kappa shape index (κ1) is 24.3. The highest BCUT2D eigenvalue weighted by Gasteiger charge is 2.25. The Bertz CT molecular complexity index is 928. The average Bonchev–Trinajstić information content (AvgIpc) is 2.66. The lowest BCUT2D eigenvalue weighted by molar-refractivity contribution is -0.137. The lowest BCUT2D eigenvalue weighted by Gasteiger charge is -2.23. The first-order valence-corrected chi connectivity index (χ1v) is 10.5. The second-order valence-electron chi connectivity index (χ2n) is 7.96. The number of carboxylic acid groups (broad SMARTS) is 1. The van der Waals surface area contributed by atoms with E-state index in [1.54, 1.807) is 45.3 Å². The molecule has 0 fully saturated rings. The predicted octanol–water partition coefficient (Wildman–Crippen LogP) is 4.13. The van der Waals surface area contributed by atoms with Gasteiger partial charge >= 0.3 is 12.1 Å². The van der Waals surface area contributed by atoms with Crippen LogP contribution in [0.4, 0.5) is 10.5 Å². The van der Waals surface area contributed by atoms with E-state index >= 15 is 0 Å². The van der Waals surface area contributed by atoms with Crippen LogP contribution in [0.1, 0.15) is 44.7 Å². The number of halogens is 1. The van der Waals surface area contributed by atoms with Crippen LogP contribution >= 0.6 is 15.9 Å². The Hall–Kier alpha value is -2.94. The molecular weight excluding hydrogens is 466 g/mol. The number of pyridine rings is 1. The summed E-state index contributed by atoms with van der Waals surface area (Å²) in [5, 5.41) is 14.3. The van der Waals surface area contributed by atoms with Crippen LogP contribution < -0.4 is 10.6 Å². The van der Waals surface area contributed by atoms with Crippen LogP contribution in [-0.4, -0.2) is 39.7 Å². The zero-order chi connectivity index (χ0) is 23.0. The minimum absolute atomic E-state index is 0.0745. The number of nitrogens with zero attached hydrogens (tertiary/aromatic N) is 1. The number of hydrogen-bond donors (Lipinski definition) is 3. The number of rotatable bonds is 8. The van der Waals surface area contributed by atoms with E-state index in [0.717, 1.165) is 15.6 Å². The number of ether oxygens (including phenoxy) is 1. The third-order valence-corrected chi connectivity index (χ3v) is 4.59. The number of amides is 2. The fourth-order valence-corrected chi connectivity index (χ4v) is 3.17. The Morgan fingerprint density at radius 2 is 1.97 bits per heavy atom. The average molecular weight is 492 g/mol. The van der Waals surface area contributed by atoms with Gasteiger partial charge in [-0.2, -0.15) is 0 Å². The van der Waals surface area contributed by atoms with E-state index in [0.29, 0.717) is 12.1 Å². The smallest absolute Gasteiger partial charge is 0.408 e. The second-order valence-corrected chi connectivity index (χ2v) is 8.88. The van der Waals surface area contributed by atoms with Crippen molar-refractivity contribution in [1.82, 2.24) is 10.3 Å². The molecule has 2 rings (SSSR count). The molecule has 3 N–H and O–H groups in total. The summed E-state index contributed by atoms with van der Waals surface area (Å²) in [6.07, 6.45) is 2.81. The first-order chi connectivity index (χ1) is 14.5. The minimum atomic E-state index is -1.07. The lowest BCUT2D eigenvalue weighted by atomic mass is 10.0. The SMILES string of the molecule is CC(C)(C)OC(=O)NC(CCC(=O)O)C(=O)Nc1ccc(Br)cc1Cc1cccnc1. The van der Waals surface area contributed by atoms with Crippen LogP contribution in [0.3, 0.4) is 0 Å². The summed E-state index contributed by atoms with van der Waals surface area (Å²) in [6.45, 7) is 5.10. The molecule has 9 heteroatoms. The zero-order valence-corrected chi connectivity index (χ0v) is 19.2. The van der Waals surface area contributed by atoms with E-state index in [1.165, 1.54) is 0 Å². The summed E-state index contributed by atoms with van der Waals surface area (Å²) >= 11 is 3.44. The molecule has 0 aliphatic heterocycles. The van der Waals surface area contributed by atoms with Crippen LogP contribution in [0.15, 0.2) is 47.2 Å². The third-order valence-electron chi connectivity index (χ3n) is 4.10. The Morgan fingerprint density at radius 1 is 1.23 bits per heavy atom. The van der Waals surface area contributed by atoms with Gasteiger partial charge in [-0.25, -0.2) is 4.79 Å². The van der Waals surface area contributed by atoms with Gasteiger partial charge in [-0.15, -0.1) is 0 Å². The summed E-state index contributed by atoms with van der Waals surface area (Å²) < 4.78 is 6.05. The molecule has 0 radical (unpaired) electrons. The number of carbonyl (C=O) groups excluding carboxylic acids is 2. The third kappa shape index (κ3) is 8.75. The molecule has 2 amide bonds. The van der Waals surface area contributed by atoms with Crippen molar-refractivity contribution in [2.45, 2.75) is 51.7 Å². The van der Waals surface area contributed by atoms with Crippen LogP contribution in [-0.2, 0) is 20.7 Å². The summed E-state index contributed by atoms with van der Waals surface area (Å²) in [7, 11) is 0. The number of carbonyl (C=O) groups is 3. The number of carboxylic acids is 1. The van der Waals surface area contributed by atoms with E-state index in [2.05, 4.69) is 31.5 Å². The number of aliphatic carboxylic acids is 1. The van der Waals surface area contributed by atoms with Crippen molar-refractivity contribution >= 4 is 39.6 Å². The summed E-state index contributed by atoms with van der Waals surface area (Å²) in [5.41, 5.74) is 1.61. The Morgan fingerprint density at radius 3 is 2.58 bits per heavy atom. The van der Waals surface area contributed by atoms with E-state index in [9.17, 15) is 14.4 Å². The number of nitrogens with one attached hydrogen (secondary N) is 2. The molecular formula is C22H26BrN3O5. The maximum atomic E-state index is 12.9. The van der Waals surface area contributed by atoms with E-state index in [4.69, 9.17) is 9.84 Å². The van der Waals surface area contributed by atoms with Gasteiger partial charge < -0.3 is 20.5 Å². The minimum Gasteiger partial charge on any atom is -0.481 e. The highest BCUT2D eigenvalue weighted by molar-refractivity contribution is 9.10. The van der Waals surface area contributed by atoms with Crippen molar-refractivity contribution < 1.29 is 24.2 Å². The standard InChI is InChI=1S/C22H26BrN3O5/c1-22(2,3)31-21(30)26-18(8-9-19(27)28)20(29)25-17-7-6-16(23)12-15(17)11-14-5-4-10-24-13-14/h4-7,10,12-13,18H,8-9,11H2,1-3H3,(H,25,29)(H,26,30)(H,27,28). The van der Waals surface area contributed by atoms with Gasteiger partial charge in [0.1, 0.15) is 11.6 Å². The zero-order valence-electron chi connectivity index (χ0n) is 17.6. The molecule has 0 aliphatic rings. The number of aromatic nitrogens is 1. The number of hydrogen-bond acceptors (Lipinski definition) is 5. The monoisotopic (exact) mass is 491 g/mol. The number of benzene rings is 1. The van der Waals surface area contributed by atoms with Gasteiger partial charge in [-0.05, 0) is 62.6 Å². The normalized spacial score (nSPS) is 12.0. The topological polar surface area (TPSA) is 118 Å². The molecule has 31 heavy (non-hydrogen) atoms. The molecule has 0 spiro atoms. The van der Waals surface area contributed by atoms with E-state index < -0.39 is 29.6 Å². The molecule has 0 saturated carbocycles. The van der Waals surface area contributed by atoms with Crippen molar-refractivity contribution in [2.75, 3.05) is 5.32 Å². The fraction of sp³-hybridized carbons (Fsp3) is 0.364. The molecule has 8 nitrogen and oxygen atoms in total. The van der Waals surface area contributed by atoms with Gasteiger partial charge in [0.2, 0.25) is 5.91 Å². The second kappa shape index (κ2) is 10.9. The predicted molar refractivity (Wildman–Crippen MR) is 120 cm³/mol. The van der Waals surface area contributed by atoms with E-state index in [-0.39, 0.29) is 12.8 Å². The van der Waals surface area contributed by atoms with Crippen LogP contribution in [0, 0.1) is 0 Å². The van der Waals surface area contributed by atoms with Crippen LogP contribution in [0.5, 0.6) is 0 Å². The van der Waals surface area contributed by atoms with Crippen LogP contribution in [0.2, 0.25) is 0 Å². The highest BCUT2D eigenvalue weighted by Crippen LogP contribution is 2.24. The Balaban J connectivity index is 2.19. The van der Waals surface area contributed by atoms with Gasteiger partial charge in [0.05, 0.1) is 0 Å². The van der Waals surface area contributed by atoms with Gasteiger partial charge in [0.25, 0.3) is 0 Å². The quantitative estimate of drug-likeness (QED) is 0.510. The molecule has 1 atom stereocenters. The molecule has 0 aliphatic carbocycles. The van der Waals surface area contributed by atoms with Crippen molar-refractivity contribution in [3.63, 3.8) is 0 Å². The molecule has 2 aromatic rings. The lowest BCUT2D eigenvalue weighted by Crippen LogP contribution is -2.46. The molecule has 1 heterocycles. The summed E-state index contributed by atoms with van der Waals surface area (Å²) in [6, 6.07) is 8.11. The molecule has 166 valence electrons. The van der Waals surface area contributed by atoms with Crippen molar-refractivity contribution in [2.24, 2.45) is 0 Å². The van der Waals surface area contributed by atoms with Crippen molar-refractivity contribution in [3.8, 4) is 0 Å². The maximum absolute atomic E-state index is 12.9. The summed E-state index contributed by atoms with van der Waals surface area (Å²) in [4.78, 5) is 40.2. The van der Waals surface area contributed by atoms with Crippen molar-refractivity contribution in [1.29, 1.82) is 0 Å². The maximum Gasteiger partial charge on any atom is 0.408 e. The van der Waals surface area contributed by atoms with Gasteiger partial charge in [0, 0.05) is 35.4 Å². The number of alkyl carbamates (subject to hydrolysis) is 1. The van der Waals surface area contributed by atoms with Gasteiger partial charge in [-0.3, -0.25) is 14.6 Å². The number of anilines is 1. The molecule has 0 bridgehead atoms. The van der Waals surface area contributed by atoms with Gasteiger partial charge in [-0.1, -0.05) is 22.0 Å². The first-order valence-electron chi connectivity index (χ1n) is 9.73. The van der Waals surface area contributed by atoms with Crippen molar-refractivity contribution in [3.05, 3.63) is 58.3 Å². The summed E-state index contributed by atoms with van der Waals surface area (Å²) in [5.74, 6) is -1.59.